The Labute approximate surface area is 107 Å². The lowest BCUT2D eigenvalue weighted by Crippen LogP contribution is -2.52. The minimum Gasteiger partial charge on any atom is -0.344 e. The minimum atomic E-state index is -0.282. The van der Waals surface area contributed by atoms with Crippen molar-refractivity contribution in [2.24, 2.45) is 0 Å². The smallest absolute Gasteiger partial charge is 0.245 e. The molecule has 100 valence electrons. The van der Waals surface area contributed by atoms with Gasteiger partial charge in [-0.15, -0.1) is 0 Å². The van der Waals surface area contributed by atoms with Crippen LogP contribution in [0.25, 0.3) is 0 Å². The zero-order valence-electron chi connectivity index (χ0n) is 10.8. The van der Waals surface area contributed by atoms with E-state index in [0.29, 0.717) is 31.0 Å². The third kappa shape index (κ3) is 2.11. The predicted octanol–water partition coefficient (Wildman–Crippen LogP) is 0.00640. The molecule has 0 radical (unpaired) electrons. The number of carbonyl (C=O) groups excluding carboxylic acids is 2. The fraction of sp³-hybridized carbons (Fsp3) is 0.846. The van der Waals surface area contributed by atoms with Crippen LogP contribution in [0.1, 0.15) is 38.5 Å². The van der Waals surface area contributed by atoms with Crippen molar-refractivity contribution in [2.75, 3.05) is 7.05 Å². The SMILES string of the molecule is CN(C(=O)C1CCC(=O)N1)C1CC2CCC(C1)N2. The molecule has 3 atom stereocenters. The number of carbonyl (C=O) groups is 2. The maximum atomic E-state index is 12.3. The number of likely N-dealkylation sites (N-methyl/N-ethyl adjacent to an activating group) is 1. The quantitative estimate of drug-likeness (QED) is 0.726. The Morgan fingerprint density at radius 2 is 1.89 bits per heavy atom. The van der Waals surface area contributed by atoms with Crippen LogP contribution in [0.3, 0.4) is 0 Å². The highest BCUT2D eigenvalue weighted by Crippen LogP contribution is 2.29. The fourth-order valence-electron chi connectivity index (χ4n) is 3.57. The highest BCUT2D eigenvalue weighted by molar-refractivity contribution is 5.90. The molecular weight excluding hydrogens is 230 g/mol. The molecule has 5 heteroatoms. The second-order valence-electron chi connectivity index (χ2n) is 5.87. The summed E-state index contributed by atoms with van der Waals surface area (Å²) in [6, 6.07) is 1.23. The summed E-state index contributed by atoms with van der Waals surface area (Å²) >= 11 is 0. The molecular formula is C13H21N3O2. The van der Waals surface area contributed by atoms with E-state index in [1.165, 1.54) is 12.8 Å². The van der Waals surface area contributed by atoms with Crippen molar-refractivity contribution >= 4 is 11.8 Å². The number of rotatable bonds is 2. The monoisotopic (exact) mass is 251 g/mol. The van der Waals surface area contributed by atoms with Crippen molar-refractivity contribution in [3.63, 3.8) is 0 Å². The Kier molecular flexibility index (Phi) is 3.01. The van der Waals surface area contributed by atoms with Gasteiger partial charge >= 0.3 is 0 Å². The summed E-state index contributed by atoms with van der Waals surface area (Å²) in [6.45, 7) is 0. The number of nitrogens with one attached hydrogen (secondary N) is 2. The van der Waals surface area contributed by atoms with Crippen LogP contribution in [0, 0.1) is 0 Å². The highest BCUT2D eigenvalue weighted by atomic mass is 16.2. The Morgan fingerprint density at radius 1 is 1.22 bits per heavy atom. The second-order valence-corrected chi connectivity index (χ2v) is 5.87. The minimum absolute atomic E-state index is 0.00660. The Morgan fingerprint density at radius 3 is 2.44 bits per heavy atom. The maximum absolute atomic E-state index is 12.3. The first-order chi connectivity index (χ1) is 8.63. The molecule has 3 unspecified atom stereocenters. The van der Waals surface area contributed by atoms with E-state index in [9.17, 15) is 9.59 Å². The summed E-state index contributed by atoms with van der Waals surface area (Å²) in [4.78, 5) is 25.4. The van der Waals surface area contributed by atoms with Gasteiger partial charge in [0.25, 0.3) is 0 Å². The second kappa shape index (κ2) is 4.53. The number of hydrogen-bond acceptors (Lipinski definition) is 3. The van der Waals surface area contributed by atoms with Gasteiger partial charge in [-0.2, -0.15) is 0 Å². The molecule has 5 nitrogen and oxygen atoms in total. The molecule has 3 fully saturated rings. The van der Waals surface area contributed by atoms with Gasteiger partial charge < -0.3 is 15.5 Å². The van der Waals surface area contributed by atoms with E-state index >= 15 is 0 Å². The molecule has 2 N–H and O–H groups in total. The van der Waals surface area contributed by atoms with Crippen LogP contribution >= 0.6 is 0 Å². The zero-order valence-corrected chi connectivity index (χ0v) is 10.8. The van der Waals surface area contributed by atoms with E-state index in [4.69, 9.17) is 0 Å². The molecule has 0 aromatic heterocycles. The van der Waals surface area contributed by atoms with Gasteiger partial charge in [-0.3, -0.25) is 9.59 Å². The van der Waals surface area contributed by atoms with Gasteiger partial charge in [-0.1, -0.05) is 0 Å². The molecule has 0 saturated carbocycles. The normalized spacial score (nSPS) is 38.6. The molecule has 3 aliphatic rings. The van der Waals surface area contributed by atoms with Crippen LogP contribution < -0.4 is 10.6 Å². The van der Waals surface area contributed by atoms with Gasteiger partial charge in [0.1, 0.15) is 6.04 Å². The molecule has 0 spiro atoms. The van der Waals surface area contributed by atoms with Crippen LogP contribution in [0.15, 0.2) is 0 Å². The molecule has 0 aromatic rings. The molecule has 3 saturated heterocycles. The van der Waals surface area contributed by atoms with Crippen molar-refractivity contribution in [1.82, 2.24) is 15.5 Å². The fourth-order valence-corrected chi connectivity index (χ4v) is 3.57. The molecule has 0 aliphatic carbocycles. The van der Waals surface area contributed by atoms with Crippen LogP contribution in [-0.2, 0) is 9.59 Å². The maximum Gasteiger partial charge on any atom is 0.245 e. The number of piperidine rings is 1. The zero-order chi connectivity index (χ0) is 12.7. The van der Waals surface area contributed by atoms with Crippen molar-refractivity contribution in [2.45, 2.75) is 62.7 Å². The van der Waals surface area contributed by atoms with E-state index in [1.54, 1.807) is 0 Å². The van der Waals surface area contributed by atoms with Crippen molar-refractivity contribution in [3.8, 4) is 0 Å². The lowest BCUT2D eigenvalue weighted by molar-refractivity contribution is -0.135. The van der Waals surface area contributed by atoms with E-state index in [0.717, 1.165) is 12.8 Å². The summed E-state index contributed by atoms with van der Waals surface area (Å²) in [6.07, 6.45) is 5.73. The molecule has 3 heterocycles. The van der Waals surface area contributed by atoms with Crippen molar-refractivity contribution in [1.29, 1.82) is 0 Å². The van der Waals surface area contributed by atoms with Crippen LogP contribution in [0.2, 0.25) is 0 Å². The van der Waals surface area contributed by atoms with Crippen LogP contribution in [0.5, 0.6) is 0 Å². The van der Waals surface area contributed by atoms with Crippen molar-refractivity contribution < 1.29 is 9.59 Å². The summed E-state index contributed by atoms with van der Waals surface area (Å²) in [7, 11) is 1.89. The van der Waals surface area contributed by atoms with E-state index in [-0.39, 0.29) is 17.9 Å². The third-order valence-electron chi connectivity index (χ3n) is 4.64. The number of hydrogen-bond donors (Lipinski definition) is 2. The van der Waals surface area contributed by atoms with Crippen LogP contribution in [-0.4, -0.2) is 47.9 Å². The van der Waals surface area contributed by atoms with Crippen LogP contribution in [0.4, 0.5) is 0 Å². The average Bonchev–Trinajstić information content (AvgIpc) is 2.94. The number of fused-ring (bicyclic) bond motifs is 2. The molecule has 3 rings (SSSR count). The number of amides is 2. The average molecular weight is 251 g/mol. The van der Waals surface area contributed by atoms with Gasteiger partial charge in [0, 0.05) is 31.6 Å². The summed E-state index contributed by atoms with van der Waals surface area (Å²) in [5.41, 5.74) is 0. The summed E-state index contributed by atoms with van der Waals surface area (Å²) in [5.74, 6) is 0.0966. The van der Waals surface area contributed by atoms with E-state index in [2.05, 4.69) is 10.6 Å². The highest BCUT2D eigenvalue weighted by Gasteiger charge is 2.38. The largest absolute Gasteiger partial charge is 0.344 e. The first-order valence-electron chi connectivity index (χ1n) is 6.95. The van der Waals surface area contributed by atoms with Crippen molar-refractivity contribution in [3.05, 3.63) is 0 Å². The van der Waals surface area contributed by atoms with E-state index < -0.39 is 0 Å². The lowest BCUT2D eigenvalue weighted by Gasteiger charge is -2.36. The summed E-state index contributed by atoms with van der Waals surface area (Å²) in [5, 5.41) is 6.35. The molecule has 2 amide bonds. The Hall–Kier alpha value is -1.10. The molecule has 18 heavy (non-hydrogen) atoms. The van der Waals surface area contributed by atoms with Gasteiger partial charge in [-0.05, 0) is 32.1 Å². The van der Waals surface area contributed by atoms with Gasteiger partial charge in [-0.25, -0.2) is 0 Å². The topological polar surface area (TPSA) is 61.4 Å². The molecule has 0 aromatic carbocycles. The molecule has 2 bridgehead atoms. The van der Waals surface area contributed by atoms with Gasteiger partial charge in [0.2, 0.25) is 11.8 Å². The Balaban J connectivity index is 1.62. The van der Waals surface area contributed by atoms with E-state index in [1.807, 2.05) is 11.9 Å². The van der Waals surface area contributed by atoms with Gasteiger partial charge in [0.05, 0.1) is 0 Å². The Bertz CT molecular complexity index is 359. The summed E-state index contributed by atoms with van der Waals surface area (Å²) < 4.78 is 0. The predicted molar refractivity (Wildman–Crippen MR) is 66.9 cm³/mol. The number of nitrogens with zero attached hydrogens (tertiary/aromatic N) is 1. The lowest BCUT2D eigenvalue weighted by atomic mass is 9.98. The van der Waals surface area contributed by atoms with Gasteiger partial charge in [0.15, 0.2) is 0 Å². The first kappa shape index (κ1) is 12.0. The third-order valence-corrected chi connectivity index (χ3v) is 4.64. The standard InChI is InChI=1S/C13H21N3O2/c1-16(13(18)11-4-5-12(17)15-11)10-6-8-2-3-9(7-10)14-8/h8-11,14H,2-7H2,1H3,(H,15,17). The first-order valence-corrected chi connectivity index (χ1v) is 6.95. The molecule has 3 aliphatic heterocycles.